The van der Waals surface area contributed by atoms with Crippen molar-refractivity contribution in [1.29, 1.82) is 0 Å². The van der Waals surface area contributed by atoms with Gasteiger partial charge in [-0.15, -0.1) is 4.89 Å². The van der Waals surface area contributed by atoms with Gasteiger partial charge in [0.25, 0.3) is 5.91 Å². The van der Waals surface area contributed by atoms with Crippen molar-refractivity contribution in [2.24, 2.45) is 0 Å². The first-order valence-corrected chi connectivity index (χ1v) is 57.0. The van der Waals surface area contributed by atoms with Gasteiger partial charge >= 0.3 is 0 Å². The van der Waals surface area contributed by atoms with E-state index in [0.717, 1.165) is 123 Å². The molecule has 0 saturated carbocycles. The number of benzene rings is 15. The van der Waals surface area contributed by atoms with Crippen molar-refractivity contribution < 1.29 is 14.8 Å². The Kier molecular flexibility index (Phi) is 35.4. The summed E-state index contributed by atoms with van der Waals surface area (Å²) in [5, 5.41) is 16.5. The molecule has 0 aromatic heterocycles. The van der Waals surface area contributed by atoms with E-state index in [2.05, 4.69) is 510 Å². The number of nitrogens with one attached hydrogen (secondary N) is 3. The molecule has 15 aromatic rings. The molecule has 0 aliphatic carbocycles. The lowest BCUT2D eigenvalue weighted by Gasteiger charge is -2.25. The van der Waals surface area contributed by atoms with E-state index in [-0.39, 0.29) is 100 Å². The van der Waals surface area contributed by atoms with E-state index in [1.807, 2.05) is 0 Å². The molecule has 4 N–H and O–H groups in total. The minimum Gasteiger partial charge on any atom is -0.357 e. The molecular weight excluding hydrogens is 1840 g/mol. The Labute approximate surface area is 906 Å². The van der Waals surface area contributed by atoms with Gasteiger partial charge < -0.3 is 15.8 Å². The summed E-state index contributed by atoms with van der Waals surface area (Å²) in [7, 11) is 1.59. The van der Waals surface area contributed by atoms with Gasteiger partial charge in [0.2, 0.25) is 5.91 Å². The third-order valence-electron chi connectivity index (χ3n) is 31.3. The van der Waals surface area contributed by atoms with Crippen LogP contribution in [0.25, 0.3) is 156 Å². The average molecular weight is 2010 g/mol. The Bertz CT molecular complexity index is 6120. The Morgan fingerprint density at radius 1 is 0.200 bits per heavy atom. The summed E-state index contributed by atoms with van der Waals surface area (Å²) in [4.78, 5) is 33.5. The van der Waals surface area contributed by atoms with Gasteiger partial charge in [0.15, 0.2) is 0 Å². The smallest absolute Gasteiger partial charge is 0.251 e. The number of amides is 2. The number of rotatable bonds is 36. The third kappa shape index (κ3) is 23.7. The van der Waals surface area contributed by atoms with Crippen LogP contribution < -0.4 is 15.5 Å². The highest BCUT2D eigenvalue weighted by Crippen LogP contribution is 2.53. The molecule has 0 bridgehead atoms. The van der Waals surface area contributed by atoms with Crippen LogP contribution in [0, 0.1) is 0 Å². The fraction of sp³-hybridized carbons (Fsp3) is 0.357. The highest BCUT2D eigenvalue weighted by molar-refractivity contribution is 7.97. The van der Waals surface area contributed by atoms with E-state index in [1.165, 1.54) is 134 Å². The first kappa shape index (κ1) is 112. The zero-order valence-corrected chi connectivity index (χ0v) is 97.0. The summed E-state index contributed by atoms with van der Waals surface area (Å²) in [5.74, 6) is 2.42. The average Bonchev–Trinajstić information content (AvgIpc) is 0.752. The topological polar surface area (TPSA) is 90.5 Å². The second-order valence-corrected chi connectivity index (χ2v) is 48.4. The number of carbonyl (C=O) groups excluding carboxylic acids is 2. The van der Waals surface area contributed by atoms with Crippen LogP contribution in [0.15, 0.2) is 273 Å². The first-order valence-electron chi connectivity index (χ1n) is 56.0. The summed E-state index contributed by atoms with van der Waals surface area (Å²) in [6, 6.07) is 106. The molecule has 0 heterocycles. The molecule has 15 aromatic carbocycles. The highest BCUT2D eigenvalue weighted by Gasteiger charge is 2.32. The van der Waals surface area contributed by atoms with Gasteiger partial charge in [-0.1, -0.05) is 379 Å². The van der Waals surface area contributed by atoms with E-state index in [1.54, 1.807) is 7.05 Å². The number of hydrogen-bond acceptors (Lipinski definition) is 5. The molecular formula is C143H167N3O3S. The van der Waals surface area contributed by atoms with Crippen LogP contribution in [0.5, 0.6) is 0 Å². The van der Waals surface area contributed by atoms with Crippen LogP contribution in [-0.2, 0) is 4.79 Å². The van der Waals surface area contributed by atoms with Gasteiger partial charge in [0, 0.05) is 18.4 Å². The SMILES string of the molecule is CNC(=O)[C@H](CSNO)NC(=O)c1cc(-c2cc(-c3cc(-c4c(C(C)C)cccc4C(C)C)cc(-c4c(C(C)C)cccc4C(C)C)c3)cc(-c3cc(-c4c(C(C)C)cccc4C(C)C)cc(-c4c(C(C)C)cccc4C(C)C)c3)c2)cc(-c2cc(-c3cc(-c4c(C(C)C)cccc4C(C)C)cc(-c4c(C(C)C)cccc4C(C)C)c3)cc(-c3cc(-c4c(C(C)C)cccc4C(C)C)cc(-c4c(C(C)C)cccc4C(C)C)c3)c2)c1. The van der Waals surface area contributed by atoms with Crippen LogP contribution in [0.2, 0.25) is 0 Å². The van der Waals surface area contributed by atoms with Crippen molar-refractivity contribution in [1.82, 2.24) is 15.5 Å². The Morgan fingerprint density at radius 2 is 0.320 bits per heavy atom. The van der Waals surface area contributed by atoms with Crippen LogP contribution in [0.1, 0.15) is 416 Å². The normalized spacial score (nSPS) is 12.3. The Balaban J connectivity index is 1.17. The molecule has 1 atom stereocenters. The van der Waals surface area contributed by atoms with Crippen LogP contribution in [-0.4, -0.2) is 35.9 Å². The van der Waals surface area contributed by atoms with Gasteiger partial charge in [0.05, 0.1) is 0 Å². The largest absolute Gasteiger partial charge is 0.357 e. The molecule has 15 rings (SSSR count). The monoisotopic (exact) mass is 2010 g/mol. The van der Waals surface area contributed by atoms with Crippen molar-refractivity contribution in [3.05, 3.63) is 368 Å². The maximum absolute atomic E-state index is 16.8. The van der Waals surface area contributed by atoms with E-state index in [9.17, 15) is 10.0 Å². The second kappa shape index (κ2) is 47.6. The summed E-state index contributed by atoms with van der Waals surface area (Å²) in [6.07, 6.45) is 0. The zero-order chi connectivity index (χ0) is 108. The highest BCUT2D eigenvalue weighted by atomic mass is 32.2. The molecule has 0 unspecified atom stereocenters. The van der Waals surface area contributed by atoms with Gasteiger partial charge in [0.1, 0.15) is 6.04 Å². The molecule has 0 spiro atoms. The molecule has 6 nitrogen and oxygen atoms in total. The predicted molar refractivity (Wildman–Crippen MR) is 651 cm³/mol. The van der Waals surface area contributed by atoms with Gasteiger partial charge in [-0.25, -0.2) is 0 Å². The first-order chi connectivity index (χ1) is 71.4. The summed E-state index contributed by atoms with van der Waals surface area (Å²) >= 11 is 0.953. The Hall–Kier alpha value is -12.5. The fourth-order valence-electron chi connectivity index (χ4n) is 23.5. The quantitative estimate of drug-likeness (QED) is 0.0232. The standard InChI is InChI=1S/C143H167N3O3S/c1-80(2)117-42-34-43-118(81(3)4)134(117)108-65-104(66-109(75-108)135-119(82(5)6)44-35-45-120(135)83(7)8)98-58-96(59-99(62-98)105-67-110(136-121(84(9)10)46-36-47-122(136)85(11)12)76-111(68-105)137-123(86(13)14)48-37-49-124(137)87(15)16)102-64-103(74-116(73-102)142(147)145-133(79-150-146-149)143(148)144-33)97-60-100(106-69-112(138-125(88(17)18)50-38-51-126(138)89(19)20)77-113(70-106)139-127(90(21)22)52-39-53-128(139)91(23)24)63-101(61-97)107-71-114(140-129(92(25)26)54-40-55-130(140)93(27)28)78-115(72-107)141-131(94(29)30)56-41-57-132(141)95(31)32/h34-78,80-95,133,146,149H,79H2,1-33H3,(H,144,148)(H,145,147)/t133-/m0/s1. The fourth-order valence-corrected chi connectivity index (χ4v) is 23.9. The number of likely N-dealkylation sites (N-methyl/N-ethyl adjacent to an activating group) is 1. The summed E-state index contributed by atoms with van der Waals surface area (Å²) in [5.41, 5.74) is 52.3. The molecule has 0 fully saturated rings. The van der Waals surface area contributed by atoms with E-state index < -0.39 is 17.9 Å². The Morgan fingerprint density at radius 3 is 0.440 bits per heavy atom. The zero-order valence-electron chi connectivity index (χ0n) is 96.2. The molecule has 0 saturated heterocycles. The summed E-state index contributed by atoms with van der Waals surface area (Å²) < 4.78 is 0. The molecule has 0 aliphatic rings. The van der Waals surface area contributed by atoms with Crippen LogP contribution in [0.3, 0.4) is 0 Å². The van der Waals surface area contributed by atoms with Crippen LogP contribution >= 0.6 is 11.9 Å². The van der Waals surface area contributed by atoms with Crippen molar-refractivity contribution in [3.8, 4) is 156 Å². The lowest BCUT2D eigenvalue weighted by Crippen LogP contribution is -2.47. The minimum absolute atomic E-state index is 0.0257. The molecule has 7 heteroatoms. The number of hydrogen-bond donors (Lipinski definition) is 4. The van der Waals surface area contributed by atoms with Crippen molar-refractivity contribution in [2.75, 3.05) is 12.8 Å². The van der Waals surface area contributed by atoms with Crippen molar-refractivity contribution >= 4 is 23.8 Å². The van der Waals surface area contributed by atoms with Crippen molar-refractivity contribution in [2.45, 2.75) is 322 Å². The van der Waals surface area contributed by atoms with Crippen molar-refractivity contribution in [3.63, 3.8) is 0 Å². The van der Waals surface area contributed by atoms with E-state index in [4.69, 9.17) is 0 Å². The minimum atomic E-state index is -1.07. The molecule has 150 heavy (non-hydrogen) atoms. The second-order valence-electron chi connectivity index (χ2n) is 47.6. The maximum Gasteiger partial charge on any atom is 0.251 e. The molecule has 2 amide bonds. The van der Waals surface area contributed by atoms with Gasteiger partial charge in [-0.05, 0) is 467 Å². The maximum atomic E-state index is 16.8. The summed E-state index contributed by atoms with van der Waals surface area (Å²) in [6.45, 7) is 74.9. The van der Waals surface area contributed by atoms with Gasteiger partial charge in [-0.2, -0.15) is 0 Å². The number of carbonyl (C=O) groups is 2. The molecule has 0 aliphatic heterocycles. The lowest BCUT2D eigenvalue weighted by atomic mass is 9.79. The third-order valence-corrected chi connectivity index (χ3v) is 31.9. The van der Waals surface area contributed by atoms with E-state index >= 15 is 4.79 Å². The van der Waals surface area contributed by atoms with Crippen LogP contribution in [0.4, 0.5) is 0 Å². The molecule has 0 radical (unpaired) electrons. The predicted octanol–water partition coefficient (Wildman–Crippen LogP) is 41.5. The van der Waals surface area contributed by atoms with Gasteiger partial charge in [-0.3, -0.25) is 9.59 Å². The lowest BCUT2D eigenvalue weighted by molar-refractivity contribution is -0.121. The molecule has 778 valence electrons. The van der Waals surface area contributed by atoms with E-state index in [0.29, 0.717) is 5.56 Å².